The number of non-ortho nitro benzene ring substituents is 1. The first-order valence-corrected chi connectivity index (χ1v) is 6.39. The first kappa shape index (κ1) is 15.1. The van der Waals surface area contributed by atoms with Gasteiger partial charge in [0.15, 0.2) is 0 Å². The molecule has 0 radical (unpaired) electrons. The van der Waals surface area contributed by atoms with E-state index < -0.39 is 11.0 Å². The molecule has 0 atom stereocenters. The molecular weight excluding hydrogens is 319 g/mol. The fraction of sp³-hybridized carbons (Fsp3) is 0. The molecule has 0 saturated heterocycles. The maximum atomic E-state index is 11.7. The summed E-state index contributed by atoms with van der Waals surface area (Å²) >= 11 is 11.6. The van der Waals surface area contributed by atoms with Crippen molar-refractivity contribution in [3.05, 3.63) is 62.6 Å². The Morgan fingerprint density at radius 2 is 1.76 bits per heavy atom. The highest BCUT2D eigenvalue weighted by atomic mass is 35.5. The smallest absolute Gasteiger partial charge is 0.410 e. The predicted octanol–water partition coefficient (Wildman–Crippen LogP) is 4.51. The van der Waals surface area contributed by atoms with E-state index in [-0.39, 0.29) is 11.4 Å². The molecule has 0 spiro atoms. The second kappa shape index (κ2) is 6.43. The minimum atomic E-state index is -0.748. The van der Waals surface area contributed by atoms with Gasteiger partial charge in [0.2, 0.25) is 0 Å². The summed E-state index contributed by atoms with van der Waals surface area (Å²) in [7, 11) is 0. The molecule has 1 amide bonds. The Labute approximate surface area is 129 Å². The molecule has 6 nitrogen and oxygen atoms in total. The molecule has 21 heavy (non-hydrogen) atoms. The molecule has 2 aromatic carbocycles. The van der Waals surface area contributed by atoms with Crippen molar-refractivity contribution in [3.63, 3.8) is 0 Å². The molecule has 2 rings (SSSR count). The molecule has 0 aliphatic carbocycles. The van der Waals surface area contributed by atoms with E-state index in [2.05, 4.69) is 5.32 Å². The molecule has 0 aliphatic heterocycles. The lowest BCUT2D eigenvalue weighted by Gasteiger charge is -2.07. The number of benzene rings is 2. The molecule has 0 fully saturated rings. The van der Waals surface area contributed by atoms with Gasteiger partial charge >= 0.3 is 6.09 Å². The van der Waals surface area contributed by atoms with Crippen LogP contribution in [0, 0.1) is 10.1 Å². The molecule has 0 aromatic heterocycles. The van der Waals surface area contributed by atoms with Crippen LogP contribution in [0.3, 0.4) is 0 Å². The summed E-state index contributed by atoms with van der Waals surface area (Å²) < 4.78 is 4.97. The van der Waals surface area contributed by atoms with Gasteiger partial charge in [-0.05, 0) is 30.3 Å². The normalized spacial score (nSPS) is 10.0. The maximum absolute atomic E-state index is 11.7. The van der Waals surface area contributed by atoms with Crippen molar-refractivity contribution in [3.8, 4) is 5.75 Å². The minimum Gasteiger partial charge on any atom is -0.410 e. The summed E-state index contributed by atoms with van der Waals surface area (Å²) in [5, 5.41) is 13.6. The summed E-state index contributed by atoms with van der Waals surface area (Å²) in [6, 6.07) is 9.69. The molecule has 8 heteroatoms. The first-order valence-electron chi connectivity index (χ1n) is 5.64. The van der Waals surface area contributed by atoms with Gasteiger partial charge in [-0.3, -0.25) is 15.4 Å². The number of hydrogen-bond donors (Lipinski definition) is 1. The Balaban J connectivity index is 2.01. The maximum Gasteiger partial charge on any atom is 0.417 e. The van der Waals surface area contributed by atoms with Crippen LogP contribution in [0.2, 0.25) is 10.0 Å². The number of carbonyl (C=O) groups excluding carboxylic acids is 1. The highest BCUT2D eigenvalue weighted by Crippen LogP contribution is 2.25. The van der Waals surface area contributed by atoms with E-state index in [1.165, 1.54) is 36.4 Å². The zero-order valence-corrected chi connectivity index (χ0v) is 11.9. The molecule has 0 saturated carbocycles. The topological polar surface area (TPSA) is 81.5 Å². The van der Waals surface area contributed by atoms with Crippen molar-refractivity contribution in [1.82, 2.24) is 0 Å². The molecule has 108 valence electrons. The molecule has 2 aromatic rings. The molecular formula is C13H8Cl2N2O4. The van der Waals surface area contributed by atoms with Crippen LogP contribution in [0.25, 0.3) is 0 Å². The second-order valence-corrected chi connectivity index (χ2v) is 4.71. The summed E-state index contributed by atoms with van der Waals surface area (Å²) in [6.07, 6.45) is -0.748. The Hall–Kier alpha value is -2.31. The number of nitrogens with zero attached hydrogens (tertiary/aromatic N) is 1. The Morgan fingerprint density at radius 3 is 2.33 bits per heavy atom. The molecule has 0 aliphatic rings. The average Bonchev–Trinajstić information content (AvgIpc) is 2.43. The van der Waals surface area contributed by atoms with E-state index in [1.54, 1.807) is 6.07 Å². The van der Waals surface area contributed by atoms with Crippen LogP contribution >= 0.6 is 23.2 Å². The Bertz CT molecular complexity index is 689. The highest BCUT2D eigenvalue weighted by Gasteiger charge is 2.09. The van der Waals surface area contributed by atoms with Gasteiger partial charge in [-0.25, -0.2) is 4.79 Å². The van der Waals surface area contributed by atoms with E-state index in [0.717, 1.165) is 0 Å². The van der Waals surface area contributed by atoms with Crippen molar-refractivity contribution in [2.24, 2.45) is 0 Å². The predicted molar refractivity (Wildman–Crippen MR) is 79.2 cm³/mol. The largest absolute Gasteiger partial charge is 0.417 e. The first-order chi connectivity index (χ1) is 9.95. The zero-order valence-electron chi connectivity index (χ0n) is 10.4. The zero-order chi connectivity index (χ0) is 15.4. The fourth-order valence-corrected chi connectivity index (χ4v) is 1.76. The SMILES string of the molecule is O=C(Nc1ccc(Cl)c(Cl)c1)Oc1ccc([N+](=O)[O-])cc1. The summed E-state index contributed by atoms with van der Waals surface area (Å²) in [6.45, 7) is 0. The van der Waals surface area contributed by atoms with E-state index in [4.69, 9.17) is 27.9 Å². The third-order valence-electron chi connectivity index (χ3n) is 2.42. The Kier molecular flexibility index (Phi) is 4.62. The van der Waals surface area contributed by atoms with Gasteiger partial charge in [0.1, 0.15) is 5.75 Å². The fourth-order valence-electron chi connectivity index (χ4n) is 1.46. The number of anilines is 1. The van der Waals surface area contributed by atoms with Crippen LogP contribution in [0.4, 0.5) is 16.2 Å². The lowest BCUT2D eigenvalue weighted by Crippen LogP contribution is -2.16. The number of nitro groups is 1. The van der Waals surface area contributed by atoms with Crippen LogP contribution in [0.15, 0.2) is 42.5 Å². The van der Waals surface area contributed by atoms with E-state index in [1.807, 2.05) is 0 Å². The van der Waals surface area contributed by atoms with Gasteiger partial charge in [0, 0.05) is 17.8 Å². The van der Waals surface area contributed by atoms with Gasteiger partial charge in [-0.15, -0.1) is 0 Å². The van der Waals surface area contributed by atoms with Gasteiger partial charge in [-0.2, -0.15) is 0 Å². The third kappa shape index (κ3) is 4.08. The van der Waals surface area contributed by atoms with Gasteiger partial charge in [0.25, 0.3) is 5.69 Å². The molecule has 0 heterocycles. The second-order valence-electron chi connectivity index (χ2n) is 3.89. The van der Waals surface area contributed by atoms with Crippen molar-refractivity contribution in [2.45, 2.75) is 0 Å². The minimum absolute atomic E-state index is 0.0905. The number of amides is 1. The Morgan fingerprint density at radius 1 is 1.10 bits per heavy atom. The van der Waals surface area contributed by atoms with Crippen LogP contribution in [0.5, 0.6) is 5.75 Å². The third-order valence-corrected chi connectivity index (χ3v) is 3.16. The van der Waals surface area contributed by atoms with Gasteiger partial charge in [-0.1, -0.05) is 23.2 Å². The van der Waals surface area contributed by atoms with E-state index in [9.17, 15) is 14.9 Å². The monoisotopic (exact) mass is 326 g/mol. The van der Waals surface area contributed by atoms with Crippen molar-refractivity contribution < 1.29 is 14.5 Å². The van der Waals surface area contributed by atoms with Crippen LogP contribution in [0.1, 0.15) is 0 Å². The standard InChI is InChI=1S/C13H8Cl2N2O4/c14-11-6-1-8(7-12(11)15)16-13(18)21-10-4-2-9(3-5-10)17(19)20/h1-7H,(H,16,18). The summed E-state index contributed by atoms with van der Waals surface area (Å²) in [5.41, 5.74) is 0.323. The van der Waals surface area contributed by atoms with Crippen LogP contribution < -0.4 is 10.1 Å². The molecule has 1 N–H and O–H groups in total. The highest BCUT2D eigenvalue weighted by molar-refractivity contribution is 6.42. The number of halogens is 2. The van der Waals surface area contributed by atoms with Crippen molar-refractivity contribution >= 4 is 40.7 Å². The average molecular weight is 327 g/mol. The lowest BCUT2D eigenvalue weighted by molar-refractivity contribution is -0.384. The van der Waals surface area contributed by atoms with E-state index >= 15 is 0 Å². The number of ether oxygens (including phenoxy) is 1. The number of nitro benzene ring substituents is 1. The number of carbonyl (C=O) groups is 1. The number of nitrogens with one attached hydrogen (secondary N) is 1. The van der Waals surface area contributed by atoms with Crippen LogP contribution in [-0.4, -0.2) is 11.0 Å². The van der Waals surface area contributed by atoms with Gasteiger partial charge in [0.05, 0.1) is 15.0 Å². The molecule has 0 bridgehead atoms. The van der Waals surface area contributed by atoms with E-state index in [0.29, 0.717) is 15.7 Å². The molecule has 0 unspecified atom stereocenters. The van der Waals surface area contributed by atoms with Gasteiger partial charge < -0.3 is 4.74 Å². The number of rotatable bonds is 3. The quantitative estimate of drug-likeness (QED) is 0.664. The summed E-state index contributed by atoms with van der Waals surface area (Å²) in [4.78, 5) is 21.6. The van der Waals surface area contributed by atoms with Crippen molar-refractivity contribution in [2.75, 3.05) is 5.32 Å². The van der Waals surface area contributed by atoms with Crippen molar-refractivity contribution in [1.29, 1.82) is 0 Å². The van der Waals surface area contributed by atoms with Crippen LogP contribution in [-0.2, 0) is 0 Å². The summed E-state index contributed by atoms with van der Waals surface area (Å²) in [5.74, 6) is 0.179. The lowest BCUT2D eigenvalue weighted by atomic mass is 10.3. The number of hydrogen-bond acceptors (Lipinski definition) is 4.